The summed E-state index contributed by atoms with van der Waals surface area (Å²) in [5.74, 6) is 3.67. The van der Waals surface area contributed by atoms with E-state index in [1.807, 2.05) is 24.3 Å². The van der Waals surface area contributed by atoms with Gasteiger partial charge in [-0.15, -0.1) is 36.2 Å². The Labute approximate surface area is 236 Å². The van der Waals surface area contributed by atoms with E-state index >= 15 is 0 Å². The summed E-state index contributed by atoms with van der Waals surface area (Å²) >= 11 is 1.67. The maximum Gasteiger partial charge on any atom is 0.180 e. The van der Waals surface area contributed by atoms with Crippen molar-refractivity contribution in [2.75, 3.05) is 26.3 Å². The highest BCUT2D eigenvalue weighted by molar-refractivity contribution is 7.19. The van der Waals surface area contributed by atoms with Gasteiger partial charge in [-0.1, -0.05) is 76.2 Å². The van der Waals surface area contributed by atoms with Crippen LogP contribution in [0.1, 0.15) is 38.8 Å². The number of rotatable bonds is 8. The number of hydrogen-bond donors (Lipinski definition) is 2. The number of hydrogen-bond acceptors (Lipinski definition) is 5. The summed E-state index contributed by atoms with van der Waals surface area (Å²) < 4.78 is 12.1. The molecule has 2 aromatic carbocycles. The molecule has 0 radical (unpaired) electrons. The molecule has 0 amide bonds. The van der Waals surface area contributed by atoms with Gasteiger partial charge in [-0.2, -0.15) is 0 Å². The third-order valence-electron chi connectivity index (χ3n) is 5.54. The van der Waals surface area contributed by atoms with Crippen LogP contribution in [0.5, 0.6) is 11.5 Å². The third kappa shape index (κ3) is 7.40. The molecule has 4 rings (SSSR count). The second kappa shape index (κ2) is 13.7. The van der Waals surface area contributed by atoms with Crippen molar-refractivity contribution in [1.82, 2.24) is 0 Å². The first-order valence-corrected chi connectivity index (χ1v) is 12.9. The van der Waals surface area contributed by atoms with E-state index in [1.165, 1.54) is 0 Å². The lowest BCUT2D eigenvalue weighted by atomic mass is 10.1. The maximum atomic E-state index is 6.18. The molecule has 1 aliphatic heterocycles. The van der Waals surface area contributed by atoms with Crippen LogP contribution in [0.2, 0.25) is 0 Å². The second-order valence-corrected chi connectivity index (χ2v) is 10.5. The molecule has 1 aromatic heterocycles. The average Bonchev–Trinajstić information content (AvgIpc) is 3.25. The van der Waals surface area contributed by atoms with Crippen LogP contribution in [0.3, 0.4) is 0 Å². The largest absolute Gasteiger partial charge is 0.485 e. The lowest BCUT2D eigenvalue weighted by Gasteiger charge is -2.17. The number of nitrogens with zero attached hydrogens (tertiary/aromatic N) is 2. The number of nitrogens with two attached hydrogens (primary N) is 2. The minimum Gasteiger partial charge on any atom is -0.485 e. The van der Waals surface area contributed by atoms with E-state index in [0.717, 1.165) is 43.5 Å². The molecule has 3 aromatic rings. The number of ether oxygens (including phenoxy) is 2. The van der Waals surface area contributed by atoms with Gasteiger partial charge in [0.1, 0.15) is 24.9 Å². The quantitative estimate of drug-likeness (QED) is 0.244. The average molecular weight is 564 g/mol. The number of benzene rings is 2. The van der Waals surface area contributed by atoms with Crippen molar-refractivity contribution in [3.8, 4) is 32.4 Å². The Morgan fingerprint density at radius 3 is 1.38 bits per heavy atom. The monoisotopic (exact) mass is 562 g/mol. The number of fused-ring (bicyclic) bond motifs is 1. The normalized spacial score (nSPS) is 13.4. The highest BCUT2D eigenvalue weighted by atomic mass is 35.5. The molecule has 0 spiro atoms. The molecule has 9 heteroatoms. The van der Waals surface area contributed by atoms with Gasteiger partial charge >= 0.3 is 0 Å². The Hall–Kier alpha value is -2.74. The lowest BCUT2D eigenvalue weighted by molar-refractivity contribution is 0.175. The van der Waals surface area contributed by atoms with Crippen LogP contribution in [0, 0.1) is 11.8 Å². The molecule has 1 aliphatic rings. The van der Waals surface area contributed by atoms with Gasteiger partial charge in [0.15, 0.2) is 11.5 Å². The van der Waals surface area contributed by atoms with Crippen LogP contribution >= 0.6 is 36.2 Å². The van der Waals surface area contributed by atoms with Crippen molar-refractivity contribution in [3.05, 3.63) is 59.7 Å². The molecule has 0 atom stereocenters. The van der Waals surface area contributed by atoms with E-state index in [4.69, 9.17) is 20.9 Å². The summed E-state index contributed by atoms with van der Waals surface area (Å²) in [4.78, 5) is 11.1. The van der Waals surface area contributed by atoms with Crippen molar-refractivity contribution in [2.24, 2.45) is 33.3 Å². The summed E-state index contributed by atoms with van der Waals surface area (Å²) in [7, 11) is 0. The summed E-state index contributed by atoms with van der Waals surface area (Å²) in [6.45, 7) is 11.0. The summed E-state index contributed by atoms with van der Waals surface area (Å²) in [5, 5.41) is 0. The molecule has 0 fully saturated rings. The first-order chi connectivity index (χ1) is 16.8. The molecule has 0 bridgehead atoms. The second-order valence-electron chi connectivity index (χ2n) is 9.51. The molecule has 200 valence electrons. The predicted molar refractivity (Wildman–Crippen MR) is 162 cm³/mol. The molecule has 0 aliphatic carbocycles. The Balaban J connectivity index is 0.00000241. The number of aliphatic imine (C=N–C) groups is 2. The molecule has 6 nitrogen and oxygen atoms in total. The zero-order valence-electron chi connectivity index (χ0n) is 21.7. The van der Waals surface area contributed by atoms with Crippen molar-refractivity contribution < 1.29 is 9.47 Å². The van der Waals surface area contributed by atoms with Gasteiger partial charge in [-0.25, -0.2) is 0 Å². The smallest absolute Gasteiger partial charge is 0.180 e. The molecule has 2 heterocycles. The van der Waals surface area contributed by atoms with Crippen LogP contribution in [0.25, 0.3) is 20.9 Å². The number of halogens is 2. The highest BCUT2D eigenvalue weighted by Gasteiger charge is 2.26. The van der Waals surface area contributed by atoms with Gasteiger partial charge in [0, 0.05) is 24.2 Å². The van der Waals surface area contributed by atoms with Gasteiger partial charge in [0.05, 0.1) is 9.75 Å². The standard InChI is InChI=1S/C28H34N4O2S.2ClH/c1-17(2)15-31-27(29)21-9-5-19(6-10-21)25-23-24(34-14-13-33-23)26(35-25)20-7-11-22(12-8-20)28(30)32-16-18(3)4;;/h5-12,17-18H,13-16H2,1-4H3,(H2,29,31)(H2,30,32);2*1H. The maximum absolute atomic E-state index is 6.18. The van der Waals surface area contributed by atoms with Gasteiger partial charge in [-0.05, 0) is 23.0 Å². The first kappa shape index (κ1) is 30.5. The number of thiophene rings is 1. The Bertz CT molecular complexity index is 1130. The van der Waals surface area contributed by atoms with Crippen LogP contribution < -0.4 is 20.9 Å². The van der Waals surface area contributed by atoms with Crippen LogP contribution in [0.4, 0.5) is 0 Å². The van der Waals surface area contributed by atoms with Gasteiger partial charge in [0.25, 0.3) is 0 Å². The van der Waals surface area contributed by atoms with Gasteiger partial charge in [-0.3, -0.25) is 9.98 Å². The Kier molecular flexibility index (Phi) is 11.3. The van der Waals surface area contributed by atoms with Crippen molar-refractivity contribution in [3.63, 3.8) is 0 Å². The van der Waals surface area contributed by atoms with E-state index in [2.05, 4.69) is 61.9 Å². The fourth-order valence-corrected chi connectivity index (χ4v) is 4.86. The van der Waals surface area contributed by atoms with Gasteiger partial charge < -0.3 is 20.9 Å². The summed E-state index contributed by atoms with van der Waals surface area (Å²) in [6.07, 6.45) is 0. The Morgan fingerprint density at radius 2 is 1.05 bits per heavy atom. The van der Waals surface area contributed by atoms with E-state index in [1.54, 1.807) is 11.3 Å². The molecule has 37 heavy (non-hydrogen) atoms. The first-order valence-electron chi connectivity index (χ1n) is 12.1. The predicted octanol–water partition coefficient (Wildman–Crippen LogP) is 6.42. The Morgan fingerprint density at radius 1 is 0.703 bits per heavy atom. The fraction of sp³-hybridized carbons (Fsp3) is 0.357. The molecule has 0 saturated heterocycles. The molecule has 0 unspecified atom stereocenters. The summed E-state index contributed by atoms with van der Waals surface area (Å²) in [6, 6.07) is 16.3. The summed E-state index contributed by atoms with van der Waals surface area (Å²) in [5.41, 5.74) is 16.3. The van der Waals surface area contributed by atoms with Crippen molar-refractivity contribution in [2.45, 2.75) is 27.7 Å². The van der Waals surface area contributed by atoms with E-state index in [9.17, 15) is 0 Å². The minimum atomic E-state index is 0. The van der Waals surface area contributed by atoms with E-state index in [0.29, 0.717) is 49.8 Å². The van der Waals surface area contributed by atoms with Crippen LogP contribution in [-0.2, 0) is 0 Å². The zero-order chi connectivity index (χ0) is 24.9. The number of amidine groups is 2. The molecule has 4 N–H and O–H groups in total. The lowest BCUT2D eigenvalue weighted by Crippen LogP contribution is -2.15. The fourth-order valence-electron chi connectivity index (χ4n) is 3.66. The molecular weight excluding hydrogens is 527 g/mol. The van der Waals surface area contributed by atoms with E-state index < -0.39 is 0 Å². The van der Waals surface area contributed by atoms with Crippen molar-refractivity contribution >= 4 is 47.8 Å². The van der Waals surface area contributed by atoms with Gasteiger partial charge in [0.2, 0.25) is 0 Å². The highest BCUT2D eigenvalue weighted by Crippen LogP contribution is 2.53. The SMILES string of the molecule is CC(C)CN=C(N)c1ccc(-c2sc(-c3ccc(C(N)=NCC(C)C)cc3)c3c2OCCO3)cc1.Cl.Cl. The van der Waals surface area contributed by atoms with E-state index in [-0.39, 0.29) is 24.8 Å². The van der Waals surface area contributed by atoms with Crippen LogP contribution in [0.15, 0.2) is 58.5 Å². The minimum absolute atomic E-state index is 0. The topological polar surface area (TPSA) is 95.2 Å². The third-order valence-corrected chi connectivity index (χ3v) is 6.79. The van der Waals surface area contributed by atoms with Crippen molar-refractivity contribution in [1.29, 1.82) is 0 Å². The van der Waals surface area contributed by atoms with Crippen LogP contribution in [-0.4, -0.2) is 38.0 Å². The molecular formula is C28H36Cl2N4O2S. The molecule has 0 saturated carbocycles. The zero-order valence-corrected chi connectivity index (χ0v) is 24.1.